The molecule has 3 aliphatic rings. The molecule has 4 heterocycles. The molecule has 2 bridgehead atoms. The van der Waals surface area contributed by atoms with Crippen LogP contribution in [0.15, 0.2) is 18.3 Å². The number of halogens is 1. The molecule has 4 rings (SSSR count). The highest BCUT2D eigenvalue weighted by molar-refractivity contribution is 6.29. The molecular weight excluding hydrogens is 344 g/mol. The highest BCUT2D eigenvalue weighted by Crippen LogP contribution is 2.54. The maximum Gasteiger partial charge on any atom is 0.411 e. The van der Waals surface area contributed by atoms with Crippen LogP contribution in [0.2, 0.25) is 5.15 Å². The van der Waals surface area contributed by atoms with Gasteiger partial charge in [0.2, 0.25) is 0 Å². The fourth-order valence-electron chi connectivity index (χ4n) is 4.32. The molecule has 0 unspecified atom stereocenters. The minimum Gasteiger partial charge on any atom is -0.444 e. The number of hydrogen-bond donors (Lipinski definition) is 0. The van der Waals surface area contributed by atoms with Crippen molar-refractivity contribution in [3.05, 3.63) is 29.0 Å². The van der Waals surface area contributed by atoms with Crippen molar-refractivity contribution in [2.24, 2.45) is 0 Å². The van der Waals surface area contributed by atoms with Gasteiger partial charge in [0.25, 0.3) is 0 Å². The fourth-order valence-corrected chi connectivity index (χ4v) is 4.43. The summed E-state index contributed by atoms with van der Waals surface area (Å²) in [5.41, 5.74) is 0.541. The van der Waals surface area contributed by atoms with Crippen LogP contribution in [0.4, 0.5) is 4.79 Å². The van der Waals surface area contributed by atoms with Crippen molar-refractivity contribution < 1.29 is 19.0 Å². The molecule has 1 spiro atoms. The van der Waals surface area contributed by atoms with Crippen molar-refractivity contribution in [2.75, 3.05) is 13.2 Å². The lowest BCUT2D eigenvalue weighted by molar-refractivity contribution is -0.176. The number of carbonyl (C=O) groups is 1. The zero-order valence-electron chi connectivity index (χ0n) is 14.7. The summed E-state index contributed by atoms with van der Waals surface area (Å²) in [6.45, 7) is 6.77. The lowest BCUT2D eigenvalue weighted by Crippen LogP contribution is -2.47. The van der Waals surface area contributed by atoms with Gasteiger partial charge in [-0.05, 0) is 38.8 Å². The van der Waals surface area contributed by atoms with Crippen molar-refractivity contribution in [2.45, 2.75) is 63.0 Å². The van der Waals surface area contributed by atoms with Crippen molar-refractivity contribution in [3.63, 3.8) is 0 Å². The van der Waals surface area contributed by atoms with E-state index in [0.29, 0.717) is 24.8 Å². The maximum absolute atomic E-state index is 12.8. The molecule has 0 radical (unpaired) electrons. The molecule has 1 amide bonds. The number of rotatable bonds is 1. The summed E-state index contributed by atoms with van der Waals surface area (Å²) in [6.07, 6.45) is 2.92. The summed E-state index contributed by atoms with van der Waals surface area (Å²) in [7, 11) is 0. The molecule has 7 heteroatoms. The summed E-state index contributed by atoms with van der Waals surface area (Å²) in [5, 5.41) is 0.467. The second-order valence-electron chi connectivity index (χ2n) is 7.94. The Morgan fingerprint density at radius 3 is 2.68 bits per heavy atom. The van der Waals surface area contributed by atoms with Gasteiger partial charge in [0.1, 0.15) is 10.8 Å². The van der Waals surface area contributed by atoms with E-state index >= 15 is 0 Å². The minimum atomic E-state index is -0.683. The Bertz CT molecular complexity index is 667. The molecule has 3 aliphatic heterocycles. The standard InChI is InChI=1S/C18H23ClN2O4/c1-17(2,3)25-16(22)21-13-9-18(23-6-7-24-18)14(21)8-12(13)11-4-5-15(19)20-10-11/h4-5,10,12-14H,6-9H2,1-3H3/t12-,13-,14-/m1/s1. The molecule has 1 aromatic rings. The van der Waals surface area contributed by atoms with Crippen molar-refractivity contribution in [1.29, 1.82) is 0 Å². The Hall–Kier alpha value is -1.37. The monoisotopic (exact) mass is 366 g/mol. The normalized spacial score (nSPS) is 30.2. The average molecular weight is 367 g/mol. The van der Waals surface area contributed by atoms with Crippen LogP contribution in [0, 0.1) is 0 Å². The van der Waals surface area contributed by atoms with Crippen LogP contribution in [-0.4, -0.2) is 52.7 Å². The predicted molar refractivity (Wildman–Crippen MR) is 91.5 cm³/mol. The number of aromatic nitrogens is 1. The summed E-state index contributed by atoms with van der Waals surface area (Å²) in [4.78, 5) is 18.9. The van der Waals surface area contributed by atoms with Crippen LogP contribution in [0.5, 0.6) is 0 Å². The number of nitrogens with zero attached hydrogens (tertiary/aromatic N) is 2. The number of hydrogen-bond acceptors (Lipinski definition) is 5. The Kier molecular flexibility index (Phi) is 3.98. The molecular formula is C18H23ClN2O4. The van der Waals surface area contributed by atoms with Gasteiger partial charge in [-0.15, -0.1) is 0 Å². The first-order valence-corrected chi connectivity index (χ1v) is 9.08. The van der Waals surface area contributed by atoms with Crippen LogP contribution < -0.4 is 0 Å². The zero-order valence-corrected chi connectivity index (χ0v) is 15.5. The molecule has 0 aliphatic carbocycles. The van der Waals surface area contributed by atoms with Crippen molar-refractivity contribution in [1.82, 2.24) is 9.88 Å². The Morgan fingerprint density at radius 1 is 1.36 bits per heavy atom. The first-order chi connectivity index (χ1) is 11.8. The van der Waals surface area contributed by atoms with Gasteiger partial charge in [0, 0.05) is 24.6 Å². The van der Waals surface area contributed by atoms with Gasteiger partial charge in [-0.25, -0.2) is 9.78 Å². The highest BCUT2D eigenvalue weighted by atomic mass is 35.5. The lowest BCUT2D eigenvalue weighted by Gasteiger charge is -2.33. The average Bonchev–Trinajstić information content (AvgIpc) is 3.20. The molecule has 3 fully saturated rings. The second kappa shape index (κ2) is 5.83. The third kappa shape index (κ3) is 2.90. The van der Waals surface area contributed by atoms with Crippen LogP contribution in [0.3, 0.4) is 0 Å². The number of amides is 1. The van der Waals surface area contributed by atoms with Crippen LogP contribution in [-0.2, 0) is 14.2 Å². The lowest BCUT2D eigenvalue weighted by atomic mass is 9.81. The zero-order chi connectivity index (χ0) is 17.8. The van der Waals surface area contributed by atoms with E-state index in [0.717, 1.165) is 12.0 Å². The molecule has 0 N–H and O–H groups in total. The highest BCUT2D eigenvalue weighted by Gasteiger charge is 2.65. The summed E-state index contributed by atoms with van der Waals surface area (Å²) in [5.74, 6) is -0.501. The Morgan fingerprint density at radius 2 is 2.08 bits per heavy atom. The number of fused-ring (bicyclic) bond motifs is 3. The summed E-state index contributed by atoms with van der Waals surface area (Å²) < 4.78 is 17.5. The first kappa shape index (κ1) is 17.1. The maximum atomic E-state index is 12.8. The van der Waals surface area contributed by atoms with Gasteiger partial charge < -0.3 is 14.2 Å². The molecule has 6 nitrogen and oxygen atoms in total. The van der Waals surface area contributed by atoms with Gasteiger partial charge in [-0.3, -0.25) is 4.90 Å². The van der Waals surface area contributed by atoms with E-state index in [9.17, 15) is 4.79 Å². The molecule has 0 saturated carbocycles. The van der Waals surface area contributed by atoms with Crippen molar-refractivity contribution in [3.8, 4) is 0 Å². The van der Waals surface area contributed by atoms with E-state index in [4.69, 9.17) is 25.8 Å². The Balaban J connectivity index is 1.63. The predicted octanol–water partition coefficient (Wildman–Crippen LogP) is 3.34. The van der Waals surface area contributed by atoms with Crippen LogP contribution in [0.25, 0.3) is 0 Å². The van der Waals surface area contributed by atoms with Crippen LogP contribution >= 0.6 is 11.6 Å². The van der Waals surface area contributed by atoms with Crippen molar-refractivity contribution >= 4 is 17.7 Å². The van der Waals surface area contributed by atoms with Gasteiger partial charge in [0.05, 0.1) is 19.3 Å². The van der Waals surface area contributed by atoms with Gasteiger partial charge in [0.15, 0.2) is 5.79 Å². The van der Waals surface area contributed by atoms with E-state index in [2.05, 4.69) is 4.98 Å². The third-order valence-electron chi connectivity index (χ3n) is 5.19. The quantitative estimate of drug-likeness (QED) is 0.713. The molecule has 25 heavy (non-hydrogen) atoms. The van der Waals surface area contributed by atoms with E-state index in [1.807, 2.05) is 31.7 Å². The van der Waals surface area contributed by atoms with E-state index in [1.165, 1.54) is 0 Å². The van der Waals surface area contributed by atoms with E-state index < -0.39 is 11.4 Å². The second-order valence-corrected chi connectivity index (χ2v) is 8.33. The van der Waals surface area contributed by atoms with E-state index in [1.54, 1.807) is 12.3 Å². The first-order valence-electron chi connectivity index (χ1n) is 8.70. The Labute approximate surface area is 152 Å². The third-order valence-corrected chi connectivity index (χ3v) is 5.42. The SMILES string of the molecule is CC(C)(C)OC(=O)N1[C@@H]2CC3(OCCO3)[C@H]1C[C@@H]2c1ccc(Cl)nc1. The van der Waals surface area contributed by atoms with Crippen LogP contribution in [0.1, 0.15) is 45.1 Å². The number of carbonyl (C=O) groups excluding carboxylic acids is 1. The number of ether oxygens (including phenoxy) is 3. The summed E-state index contributed by atoms with van der Waals surface area (Å²) >= 11 is 5.91. The smallest absolute Gasteiger partial charge is 0.411 e. The topological polar surface area (TPSA) is 60.9 Å². The molecule has 3 atom stereocenters. The molecule has 136 valence electrons. The molecule has 1 aromatic heterocycles. The molecule has 3 saturated heterocycles. The number of pyridine rings is 1. The largest absolute Gasteiger partial charge is 0.444 e. The summed E-state index contributed by atoms with van der Waals surface area (Å²) in [6, 6.07) is 3.60. The van der Waals surface area contributed by atoms with Gasteiger partial charge >= 0.3 is 6.09 Å². The fraction of sp³-hybridized carbons (Fsp3) is 0.667. The van der Waals surface area contributed by atoms with E-state index in [-0.39, 0.29) is 24.1 Å². The minimum absolute atomic E-state index is 0.0269. The molecule has 0 aromatic carbocycles. The van der Waals surface area contributed by atoms with Gasteiger partial charge in [-0.1, -0.05) is 17.7 Å². The van der Waals surface area contributed by atoms with Gasteiger partial charge in [-0.2, -0.15) is 0 Å².